The number of esters is 1. The van der Waals surface area contributed by atoms with E-state index < -0.39 is 18.0 Å². The lowest BCUT2D eigenvalue weighted by Crippen LogP contribution is -2.26. The van der Waals surface area contributed by atoms with Crippen molar-refractivity contribution in [3.05, 3.63) is 47.2 Å². The van der Waals surface area contributed by atoms with Gasteiger partial charge in [0.1, 0.15) is 11.9 Å². The number of ether oxygens (including phenoxy) is 1. The normalized spacial score (nSPS) is 19.0. The van der Waals surface area contributed by atoms with Crippen molar-refractivity contribution < 1.29 is 18.7 Å². The van der Waals surface area contributed by atoms with Gasteiger partial charge in [-0.15, -0.1) is 11.3 Å². The largest absolute Gasteiger partial charge is 0.458 e. The molecule has 0 saturated carbocycles. The van der Waals surface area contributed by atoms with Crippen molar-refractivity contribution in [1.82, 2.24) is 4.98 Å². The molecule has 0 bridgehead atoms. The zero-order valence-corrected chi connectivity index (χ0v) is 13.3. The van der Waals surface area contributed by atoms with Crippen LogP contribution >= 0.6 is 11.3 Å². The highest BCUT2D eigenvalue weighted by Crippen LogP contribution is 2.28. The summed E-state index contributed by atoms with van der Waals surface area (Å²) in [6.07, 6.45) is 1.15. The first-order valence-corrected chi connectivity index (χ1v) is 8.08. The van der Waals surface area contributed by atoms with Gasteiger partial charge in [0.2, 0.25) is 5.91 Å². The van der Waals surface area contributed by atoms with Crippen LogP contribution < -0.4 is 4.90 Å². The van der Waals surface area contributed by atoms with Crippen molar-refractivity contribution in [2.24, 2.45) is 5.92 Å². The fourth-order valence-electron chi connectivity index (χ4n) is 2.50. The van der Waals surface area contributed by atoms with Crippen LogP contribution in [0, 0.1) is 11.7 Å². The molecule has 2 heterocycles. The number of halogens is 1. The van der Waals surface area contributed by atoms with Crippen LogP contribution in [0.1, 0.15) is 25.0 Å². The van der Waals surface area contributed by atoms with Crippen molar-refractivity contribution in [1.29, 1.82) is 0 Å². The van der Waals surface area contributed by atoms with E-state index in [1.165, 1.54) is 28.4 Å². The highest BCUT2D eigenvalue weighted by atomic mass is 32.1. The predicted octanol–water partition coefficient (Wildman–Crippen LogP) is 2.94. The Hall–Kier alpha value is -2.28. The van der Waals surface area contributed by atoms with Gasteiger partial charge in [0.25, 0.3) is 0 Å². The molecule has 0 spiro atoms. The maximum Gasteiger partial charge on any atom is 0.311 e. The molecule has 2 aromatic rings. The average Bonchev–Trinajstić information content (AvgIpc) is 3.16. The van der Waals surface area contributed by atoms with E-state index in [0.717, 1.165) is 0 Å². The van der Waals surface area contributed by atoms with Crippen molar-refractivity contribution >= 4 is 28.3 Å². The number of anilines is 1. The quantitative estimate of drug-likeness (QED) is 0.807. The monoisotopic (exact) mass is 334 g/mol. The summed E-state index contributed by atoms with van der Waals surface area (Å²) in [4.78, 5) is 29.9. The summed E-state index contributed by atoms with van der Waals surface area (Å²) in [5.41, 5.74) is 0.583. The van der Waals surface area contributed by atoms with Crippen LogP contribution in [0.15, 0.2) is 35.8 Å². The van der Waals surface area contributed by atoms with Gasteiger partial charge in [0.15, 0.2) is 5.13 Å². The van der Waals surface area contributed by atoms with E-state index in [1.807, 2.05) is 0 Å². The Labute approximate surface area is 136 Å². The molecule has 23 heavy (non-hydrogen) atoms. The van der Waals surface area contributed by atoms with Crippen molar-refractivity contribution in [3.63, 3.8) is 0 Å². The van der Waals surface area contributed by atoms with E-state index in [1.54, 1.807) is 30.6 Å². The molecule has 2 atom stereocenters. The van der Waals surface area contributed by atoms with E-state index in [0.29, 0.717) is 10.7 Å². The maximum absolute atomic E-state index is 13.2. The van der Waals surface area contributed by atoms with E-state index >= 15 is 0 Å². The van der Waals surface area contributed by atoms with Crippen LogP contribution in [-0.4, -0.2) is 23.4 Å². The van der Waals surface area contributed by atoms with E-state index in [-0.39, 0.29) is 24.7 Å². The number of carbonyl (C=O) groups is 2. The molecule has 1 amide bonds. The van der Waals surface area contributed by atoms with Gasteiger partial charge in [0, 0.05) is 24.5 Å². The summed E-state index contributed by atoms with van der Waals surface area (Å²) >= 11 is 1.35. The lowest BCUT2D eigenvalue weighted by atomic mass is 10.1. The Kier molecular flexibility index (Phi) is 4.38. The van der Waals surface area contributed by atoms with Gasteiger partial charge >= 0.3 is 5.97 Å². The fraction of sp³-hybridized carbons (Fsp3) is 0.312. The van der Waals surface area contributed by atoms with Crippen molar-refractivity contribution in [2.75, 3.05) is 11.4 Å². The zero-order valence-electron chi connectivity index (χ0n) is 12.4. The number of carbonyl (C=O) groups excluding carboxylic acids is 2. The van der Waals surface area contributed by atoms with Gasteiger partial charge in [0.05, 0.1) is 5.92 Å². The number of hydrogen-bond acceptors (Lipinski definition) is 5. The number of aromatic nitrogens is 1. The Morgan fingerprint density at radius 1 is 1.52 bits per heavy atom. The molecule has 1 aliphatic heterocycles. The second-order valence-corrected chi connectivity index (χ2v) is 6.23. The first kappa shape index (κ1) is 15.6. The minimum absolute atomic E-state index is 0.105. The van der Waals surface area contributed by atoms with Gasteiger partial charge in [-0.2, -0.15) is 0 Å². The lowest BCUT2D eigenvalue weighted by molar-refractivity contribution is -0.153. The molecule has 0 radical (unpaired) electrons. The third kappa shape index (κ3) is 3.39. The first-order valence-electron chi connectivity index (χ1n) is 7.20. The number of hydrogen-bond donors (Lipinski definition) is 0. The Morgan fingerprint density at radius 2 is 2.35 bits per heavy atom. The summed E-state index contributed by atoms with van der Waals surface area (Å²) < 4.78 is 18.6. The molecule has 1 fully saturated rings. The zero-order chi connectivity index (χ0) is 16.4. The SMILES string of the molecule is C[C@H](OC(=O)[C@H]1CC(=O)N(c2nccs2)C1)c1cccc(F)c1. The summed E-state index contributed by atoms with van der Waals surface area (Å²) in [6.45, 7) is 1.95. The highest BCUT2D eigenvalue weighted by Gasteiger charge is 2.37. The number of nitrogens with zero attached hydrogens (tertiary/aromatic N) is 2. The van der Waals surface area contributed by atoms with Crippen LogP contribution in [-0.2, 0) is 14.3 Å². The second kappa shape index (κ2) is 6.45. The van der Waals surface area contributed by atoms with Crippen LogP contribution in [0.3, 0.4) is 0 Å². The molecular formula is C16H15FN2O3S. The van der Waals surface area contributed by atoms with Crippen LogP contribution in [0.25, 0.3) is 0 Å². The molecule has 0 aliphatic carbocycles. The number of rotatable bonds is 4. The van der Waals surface area contributed by atoms with Crippen LogP contribution in [0.4, 0.5) is 9.52 Å². The molecule has 1 aliphatic rings. The third-order valence-corrected chi connectivity index (χ3v) is 4.51. The standard InChI is InChI=1S/C16H15FN2O3S/c1-10(11-3-2-4-13(17)7-11)22-15(21)12-8-14(20)19(9-12)16-18-5-6-23-16/h2-7,10,12H,8-9H2,1H3/t10-,12-/m0/s1. The fourth-order valence-corrected chi connectivity index (χ4v) is 3.17. The molecule has 5 nitrogen and oxygen atoms in total. The Balaban J connectivity index is 1.64. The van der Waals surface area contributed by atoms with E-state index in [2.05, 4.69) is 4.98 Å². The molecule has 1 aromatic carbocycles. The second-order valence-electron chi connectivity index (χ2n) is 5.35. The van der Waals surface area contributed by atoms with Crippen molar-refractivity contribution in [2.45, 2.75) is 19.4 Å². The molecule has 0 unspecified atom stereocenters. The van der Waals surface area contributed by atoms with E-state index in [4.69, 9.17) is 4.74 Å². The molecule has 3 rings (SSSR count). The lowest BCUT2D eigenvalue weighted by Gasteiger charge is -2.17. The maximum atomic E-state index is 13.2. The highest BCUT2D eigenvalue weighted by molar-refractivity contribution is 7.13. The first-order chi connectivity index (χ1) is 11.0. The smallest absolute Gasteiger partial charge is 0.311 e. The minimum atomic E-state index is -0.567. The predicted molar refractivity (Wildman–Crippen MR) is 83.5 cm³/mol. The Morgan fingerprint density at radius 3 is 3.04 bits per heavy atom. The Bertz CT molecular complexity index is 720. The molecule has 0 N–H and O–H groups in total. The molecule has 7 heteroatoms. The minimum Gasteiger partial charge on any atom is -0.458 e. The van der Waals surface area contributed by atoms with Gasteiger partial charge in [-0.3, -0.25) is 14.5 Å². The molecule has 120 valence electrons. The topological polar surface area (TPSA) is 59.5 Å². The molecule has 1 aromatic heterocycles. The third-order valence-electron chi connectivity index (χ3n) is 3.72. The summed E-state index contributed by atoms with van der Waals surface area (Å²) in [5.74, 6) is -1.49. The van der Waals surface area contributed by atoms with Gasteiger partial charge in [-0.25, -0.2) is 9.37 Å². The summed E-state index contributed by atoms with van der Waals surface area (Å²) in [5, 5.41) is 2.36. The van der Waals surface area contributed by atoms with Gasteiger partial charge in [-0.05, 0) is 24.6 Å². The molecule has 1 saturated heterocycles. The summed E-state index contributed by atoms with van der Waals surface area (Å²) in [7, 11) is 0. The number of amides is 1. The van der Waals surface area contributed by atoms with Crippen LogP contribution in [0.2, 0.25) is 0 Å². The van der Waals surface area contributed by atoms with Crippen molar-refractivity contribution in [3.8, 4) is 0 Å². The van der Waals surface area contributed by atoms with Gasteiger partial charge in [-0.1, -0.05) is 12.1 Å². The van der Waals surface area contributed by atoms with E-state index in [9.17, 15) is 14.0 Å². The average molecular weight is 334 g/mol. The summed E-state index contributed by atoms with van der Waals surface area (Å²) in [6, 6.07) is 5.93. The number of thiazole rings is 1. The van der Waals surface area contributed by atoms with Crippen LogP contribution in [0.5, 0.6) is 0 Å². The molecular weight excluding hydrogens is 319 g/mol. The van der Waals surface area contributed by atoms with Gasteiger partial charge < -0.3 is 4.74 Å². The number of benzene rings is 1.